The van der Waals surface area contributed by atoms with Gasteiger partial charge in [0.25, 0.3) is 0 Å². The molecule has 12 heteroatoms. The molecule has 3 aromatic rings. The standard InChI is InChI=1S/C30H34N8O3S/c1-40-30(5-6-30)18-37-16-19-17-41-25-22(4-10-33-27(25)38(19)28(37)39)42-24-15-34-23(14-35-24)36-11-7-29(8-12-36)13-21-20(26(29)31)3-2-9-32-21/h2-4,9-10,14-15,19,26H,5-8,11-13,16-18,31H2,1H3/t19?,26-/m1/s1. The Morgan fingerprint density at radius 3 is 2.69 bits per heavy atom. The number of rotatable bonds is 6. The number of ether oxygens (including phenoxy) is 2. The minimum atomic E-state index is -0.188. The largest absolute Gasteiger partial charge is 0.486 e. The minimum absolute atomic E-state index is 0.0336. The van der Waals surface area contributed by atoms with E-state index in [1.807, 2.05) is 35.6 Å². The summed E-state index contributed by atoms with van der Waals surface area (Å²) in [6.07, 6.45) is 12.2. The van der Waals surface area contributed by atoms with E-state index in [2.05, 4.69) is 20.9 Å². The Labute approximate surface area is 248 Å². The number of nitrogens with zero attached hydrogens (tertiary/aromatic N) is 7. The average Bonchev–Trinajstić information content (AvgIpc) is 3.66. The Morgan fingerprint density at radius 1 is 1.10 bits per heavy atom. The highest BCUT2D eigenvalue weighted by atomic mass is 32.2. The van der Waals surface area contributed by atoms with Crippen molar-refractivity contribution in [2.24, 2.45) is 11.1 Å². The molecule has 2 N–H and O–H groups in total. The first-order chi connectivity index (χ1) is 20.5. The van der Waals surface area contributed by atoms with E-state index in [9.17, 15) is 4.79 Å². The van der Waals surface area contributed by atoms with E-state index in [4.69, 9.17) is 25.2 Å². The molecule has 2 saturated heterocycles. The van der Waals surface area contributed by atoms with Gasteiger partial charge >= 0.3 is 6.03 Å². The summed E-state index contributed by atoms with van der Waals surface area (Å²) in [6.45, 7) is 3.43. The van der Waals surface area contributed by atoms with Crippen molar-refractivity contribution >= 4 is 29.4 Å². The zero-order chi connectivity index (χ0) is 28.5. The first-order valence-electron chi connectivity index (χ1n) is 14.7. The van der Waals surface area contributed by atoms with Crippen LogP contribution in [0.15, 0.2) is 52.9 Å². The van der Waals surface area contributed by atoms with Gasteiger partial charge in [-0.25, -0.2) is 19.7 Å². The number of methoxy groups -OCH3 is 1. The molecule has 11 nitrogen and oxygen atoms in total. The van der Waals surface area contributed by atoms with Gasteiger partial charge in [-0.15, -0.1) is 0 Å². The van der Waals surface area contributed by atoms with Gasteiger partial charge in [0.05, 0.1) is 35.5 Å². The molecular weight excluding hydrogens is 552 g/mol. The van der Waals surface area contributed by atoms with Gasteiger partial charge in [0, 0.05) is 50.9 Å². The van der Waals surface area contributed by atoms with Gasteiger partial charge < -0.3 is 25.0 Å². The van der Waals surface area contributed by atoms with Crippen molar-refractivity contribution in [3.63, 3.8) is 0 Å². The fraction of sp³-hybridized carbons (Fsp3) is 0.500. The third-order valence-corrected chi connectivity index (χ3v) is 10.8. The highest BCUT2D eigenvalue weighted by Gasteiger charge is 2.51. The third-order valence-electron chi connectivity index (χ3n) is 9.84. The van der Waals surface area contributed by atoms with Crippen molar-refractivity contribution in [1.82, 2.24) is 24.8 Å². The van der Waals surface area contributed by atoms with Crippen LogP contribution in [0, 0.1) is 5.41 Å². The molecule has 2 aliphatic carbocycles. The number of carbonyl (C=O) groups excluding carboxylic acids is 1. The normalized spacial score (nSPS) is 24.8. The van der Waals surface area contributed by atoms with Crippen molar-refractivity contribution in [2.75, 3.05) is 49.7 Å². The number of nitrogens with two attached hydrogens (primary N) is 1. The van der Waals surface area contributed by atoms with E-state index in [0.717, 1.165) is 66.6 Å². The fourth-order valence-corrected chi connectivity index (χ4v) is 7.92. The van der Waals surface area contributed by atoms with Gasteiger partial charge in [0.2, 0.25) is 0 Å². The molecule has 0 aromatic carbocycles. The number of amides is 2. The second kappa shape index (κ2) is 9.78. The van der Waals surface area contributed by atoms with Gasteiger partial charge in [-0.3, -0.25) is 9.88 Å². The molecule has 1 unspecified atom stereocenters. The van der Waals surface area contributed by atoms with E-state index < -0.39 is 0 Å². The lowest BCUT2D eigenvalue weighted by Crippen LogP contribution is -2.44. The molecule has 3 fully saturated rings. The number of pyridine rings is 2. The van der Waals surface area contributed by atoms with Crippen LogP contribution in [0.4, 0.5) is 16.4 Å². The van der Waals surface area contributed by atoms with Crippen LogP contribution in [-0.4, -0.2) is 82.4 Å². The summed E-state index contributed by atoms with van der Waals surface area (Å²) in [5.41, 5.74) is 8.97. The SMILES string of the molecule is COC1(CN2CC3COc4c(Sc5cnc(N6CCC7(CC6)Cc6ncccc6[C@H]7N)cn5)ccnc4N3C2=O)CC1. The monoisotopic (exact) mass is 586 g/mol. The van der Waals surface area contributed by atoms with Gasteiger partial charge in [-0.2, -0.15) is 0 Å². The van der Waals surface area contributed by atoms with Crippen molar-refractivity contribution in [3.8, 4) is 5.75 Å². The van der Waals surface area contributed by atoms with Gasteiger partial charge in [0.1, 0.15) is 17.5 Å². The number of hydrogen-bond acceptors (Lipinski definition) is 10. The Morgan fingerprint density at radius 2 is 1.95 bits per heavy atom. The van der Waals surface area contributed by atoms with Crippen molar-refractivity contribution < 1.29 is 14.3 Å². The molecule has 1 spiro atoms. The maximum absolute atomic E-state index is 13.4. The fourth-order valence-electron chi connectivity index (χ4n) is 7.11. The molecule has 3 aliphatic heterocycles. The summed E-state index contributed by atoms with van der Waals surface area (Å²) in [4.78, 5) is 38.9. The van der Waals surface area contributed by atoms with Crippen LogP contribution in [0.1, 0.15) is 43.0 Å². The zero-order valence-corrected chi connectivity index (χ0v) is 24.4. The van der Waals surface area contributed by atoms with Crippen LogP contribution in [0.25, 0.3) is 0 Å². The molecule has 2 amide bonds. The van der Waals surface area contributed by atoms with E-state index in [-0.39, 0.29) is 29.1 Å². The number of urea groups is 1. The summed E-state index contributed by atoms with van der Waals surface area (Å²) in [5.74, 6) is 2.07. The van der Waals surface area contributed by atoms with Crippen LogP contribution in [0.2, 0.25) is 0 Å². The maximum atomic E-state index is 13.4. The topological polar surface area (TPSA) is 123 Å². The molecule has 8 rings (SSSR count). The van der Waals surface area contributed by atoms with E-state index in [1.54, 1.807) is 18.2 Å². The highest BCUT2D eigenvalue weighted by molar-refractivity contribution is 7.99. The summed E-state index contributed by atoms with van der Waals surface area (Å²) in [6, 6.07) is 5.97. The summed E-state index contributed by atoms with van der Waals surface area (Å²) >= 11 is 1.47. The van der Waals surface area contributed by atoms with Gasteiger partial charge in [-0.1, -0.05) is 17.8 Å². The van der Waals surface area contributed by atoms with Crippen molar-refractivity contribution in [1.29, 1.82) is 0 Å². The van der Waals surface area contributed by atoms with Gasteiger partial charge in [-0.05, 0) is 55.2 Å². The van der Waals surface area contributed by atoms with Crippen LogP contribution in [0.3, 0.4) is 0 Å². The van der Waals surface area contributed by atoms with Crippen LogP contribution in [-0.2, 0) is 11.2 Å². The van der Waals surface area contributed by atoms with E-state index in [1.165, 1.54) is 17.3 Å². The molecule has 1 saturated carbocycles. The number of hydrogen-bond donors (Lipinski definition) is 1. The van der Waals surface area contributed by atoms with E-state index >= 15 is 0 Å². The van der Waals surface area contributed by atoms with Crippen LogP contribution < -0.4 is 20.3 Å². The molecule has 2 atom stereocenters. The summed E-state index contributed by atoms with van der Waals surface area (Å²) in [5, 5.41) is 0.760. The Bertz CT molecular complexity index is 1530. The highest BCUT2D eigenvalue weighted by Crippen LogP contribution is 2.50. The Balaban J connectivity index is 0.941. The number of fused-ring (bicyclic) bond motifs is 4. The predicted octanol–water partition coefficient (Wildman–Crippen LogP) is 3.44. The summed E-state index contributed by atoms with van der Waals surface area (Å²) in [7, 11) is 1.73. The zero-order valence-electron chi connectivity index (χ0n) is 23.6. The molecular formula is C30H34N8O3S. The Kier molecular flexibility index (Phi) is 6.10. The number of aromatic nitrogens is 4. The molecule has 0 bridgehead atoms. The lowest BCUT2D eigenvalue weighted by Gasteiger charge is -2.42. The lowest BCUT2D eigenvalue weighted by atomic mass is 9.73. The quantitative estimate of drug-likeness (QED) is 0.460. The van der Waals surface area contributed by atoms with Crippen LogP contribution >= 0.6 is 11.8 Å². The molecule has 42 heavy (non-hydrogen) atoms. The number of piperidine rings is 1. The molecule has 218 valence electrons. The molecule has 5 aliphatic rings. The number of anilines is 2. The predicted molar refractivity (Wildman–Crippen MR) is 157 cm³/mol. The summed E-state index contributed by atoms with van der Waals surface area (Å²) < 4.78 is 11.9. The first-order valence-corrected chi connectivity index (χ1v) is 15.5. The average molecular weight is 587 g/mol. The van der Waals surface area contributed by atoms with Gasteiger partial charge in [0.15, 0.2) is 11.6 Å². The van der Waals surface area contributed by atoms with Crippen molar-refractivity contribution in [2.45, 2.75) is 59.7 Å². The van der Waals surface area contributed by atoms with Crippen molar-refractivity contribution in [3.05, 3.63) is 54.2 Å². The number of carbonyl (C=O) groups is 1. The molecule has 3 aromatic heterocycles. The van der Waals surface area contributed by atoms with Crippen LogP contribution in [0.5, 0.6) is 5.75 Å². The first kappa shape index (κ1) is 26.2. The second-order valence-corrected chi connectivity index (χ2v) is 13.3. The second-order valence-electron chi connectivity index (χ2n) is 12.2. The maximum Gasteiger partial charge on any atom is 0.326 e. The lowest BCUT2D eigenvalue weighted by molar-refractivity contribution is 0.0564. The smallest absolute Gasteiger partial charge is 0.326 e. The third kappa shape index (κ3) is 4.22. The Hall–Kier alpha value is -3.48. The minimum Gasteiger partial charge on any atom is -0.486 e. The molecule has 0 radical (unpaired) electrons. The molecule has 6 heterocycles. The van der Waals surface area contributed by atoms with E-state index in [0.29, 0.717) is 31.3 Å².